The molecule has 13 heavy (non-hydrogen) atoms. The fourth-order valence-electron chi connectivity index (χ4n) is 1.98. The maximum absolute atomic E-state index is 5.68. The standard InChI is InChI=1S/C11H16N2/c1-8(6-12)10-7-13-11-5-3-2-4-9(10)11/h2-5,8,10,13H,6-7,12H2,1H3. The van der Waals surface area contributed by atoms with Crippen LogP contribution in [0.3, 0.4) is 0 Å². The quantitative estimate of drug-likeness (QED) is 0.721. The van der Waals surface area contributed by atoms with Gasteiger partial charge in [0, 0.05) is 18.2 Å². The van der Waals surface area contributed by atoms with E-state index in [-0.39, 0.29) is 0 Å². The summed E-state index contributed by atoms with van der Waals surface area (Å²) in [6.07, 6.45) is 0. The first-order valence-corrected chi connectivity index (χ1v) is 4.86. The summed E-state index contributed by atoms with van der Waals surface area (Å²) in [5, 5.41) is 3.41. The molecule has 70 valence electrons. The third-order valence-electron chi connectivity index (χ3n) is 2.93. The van der Waals surface area contributed by atoms with Gasteiger partial charge in [0.25, 0.3) is 0 Å². The first kappa shape index (κ1) is 8.57. The van der Waals surface area contributed by atoms with Gasteiger partial charge >= 0.3 is 0 Å². The van der Waals surface area contributed by atoms with Crippen LogP contribution in [-0.4, -0.2) is 13.1 Å². The maximum atomic E-state index is 5.68. The van der Waals surface area contributed by atoms with Crippen LogP contribution in [0.2, 0.25) is 0 Å². The van der Waals surface area contributed by atoms with E-state index in [1.165, 1.54) is 11.3 Å². The number of hydrogen-bond donors (Lipinski definition) is 2. The van der Waals surface area contributed by atoms with E-state index in [0.717, 1.165) is 13.1 Å². The summed E-state index contributed by atoms with van der Waals surface area (Å²) < 4.78 is 0. The predicted molar refractivity (Wildman–Crippen MR) is 55.9 cm³/mol. The molecule has 2 heteroatoms. The van der Waals surface area contributed by atoms with Crippen LogP contribution in [0.5, 0.6) is 0 Å². The van der Waals surface area contributed by atoms with Crippen molar-refractivity contribution in [2.75, 3.05) is 18.4 Å². The highest BCUT2D eigenvalue weighted by atomic mass is 14.9. The Labute approximate surface area is 79.1 Å². The molecule has 1 aromatic rings. The minimum Gasteiger partial charge on any atom is -0.384 e. The van der Waals surface area contributed by atoms with Crippen molar-refractivity contribution in [3.05, 3.63) is 29.8 Å². The van der Waals surface area contributed by atoms with E-state index in [4.69, 9.17) is 5.73 Å². The summed E-state index contributed by atoms with van der Waals surface area (Å²) >= 11 is 0. The summed E-state index contributed by atoms with van der Waals surface area (Å²) in [7, 11) is 0. The van der Waals surface area contributed by atoms with Gasteiger partial charge in [-0.3, -0.25) is 0 Å². The molecule has 1 aliphatic heterocycles. The van der Waals surface area contributed by atoms with Crippen LogP contribution < -0.4 is 11.1 Å². The minimum atomic E-state index is 0.566. The van der Waals surface area contributed by atoms with E-state index in [1.807, 2.05) is 0 Å². The Morgan fingerprint density at radius 3 is 3.08 bits per heavy atom. The molecule has 1 heterocycles. The summed E-state index contributed by atoms with van der Waals surface area (Å²) in [4.78, 5) is 0. The molecule has 0 radical (unpaired) electrons. The lowest BCUT2D eigenvalue weighted by Gasteiger charge is -2.16. The lowest BCUT2D eigenvalue weighted by Crippen LogP contribution is -2.20. The van der Waals surface area contributed by atoms with Gasteiger partial charge in [-0.2, -0.15) is 0 Å². The van der Waals surface area contributed by atoms with Crippen LogP contribution in [0.25, 0.3) is 0 Å². The lowest BCUT2D eigenvalue weighted by molar-refractivity contribution is 0.498. The van der Waals surface area contributed by atoms with Gasteiger partial charge < -0.3 is 11.1 Å². The highest BCUT2D eigenvalue weighted by molar-refractivity contribution is 5.57. The molecule has 0 fully saturated rings. The number of nitrogens with one attached hydrogen (secondary N) is 1. The van der Waals surface area contributed by atoms with Gasteiger partial charge in [-0.25, -0.2) is 0 Å². The van der Waals surface area contributed by atoms with Crippen LogP contribution in [-0.2, 0) is 0 Å². The van der Waals surface area contributed by atoms with Gasteiger partial charge in [0.15, 0.2) is 0 Å². The van der Waals surface area contributed by atoms with E-state index in [2.05, 4.69) is 36.5 Å². The molecule has 2 atom stereocenters. The second-order valence-electron chi connectivity index (χ2n) is 3.79. The molecule has 0 amide bonds. The van der Waals surface area contributed by atoms with Crippen molar-refractivity contribution in [3.63, 3.8) is 0 Å². The van der Waals surface area contributed by atoms with E-state index in [0.29, 0.717) is 11.8 Å². The zero-order valence-electron chi connectivity index (χ0n) is 7.96. The molecule has 0 saturated carbocycles. The van der Waals surface area contributed by atoms with Crippen molar-refractivity contribution in [1.29, 1.82) is 0 Å². The Morgan fingerprint density at radius 2 is 2.31 bits per heavy atom. The van der Waals surface area contributed by atoms with E-state index in [1.54, 1.807) is 0 Å². The topological polar surface area (TPSA) is 38.0 Å². The lowest BCUT2D eigenvalue weighted by atomic mass is 9.89. The highest BCUT2D eigenvalue weighted by Crippen LogP contribution is 2.35. The maximum Gasteiger partial charge on any atom is 0.0376 e. The molecule has 0 bridgehead atoms. The van der Waals surface area contributed by atoms with Crippen LogP contribution in [0.4, 0.5) is 5.69 Å². The molecule has 1 aromatic carbocycles. The molecule has 3 N–H and O–H groups in total. The van der Waals surface area contributed by atoms with Crippen molar-refractivity contribution in [2.24, 2.45) is 11.7 Å². The molecule has 2 unspecified atom stereocenters. The molecular weight excluding hydrogens is 160 g/mol. The number of rotatable bonds is 2. The summed E-state index contributed by atoms with van der Waals surface area (Å²) in [6, 6.07) is 8.51. The number of hydrogen-bond acceptors (Lipinski definition) is 2. The third-order valence-corrected chi connectivity index (χ3v) is 2.93. The van der Waals surface area contributed by atoms with Crippen molar-refractivity contribution >= 4 is 5.69 Å². The van der Waals surface area contributed by atoms with Crippen LogP contribution >= 0.6 is 0 Å². The predicted octanol–water partition coefficient (Wildman–Crippen LogP) is 1.79. The van der Waals surface area contributed by atoms with E-state index >= 15 is 0 Å². The number of benzene rings is 1. The van der Waals surface area contributed by atoms with Gasteiger partial charge in [0.05, 0.1) is 0 Å². The molecular formula is C11H16N2. The summed E-state index contributed by atoms with van der Waals surface area (Å²) in [5.74, 6) is 1.16. The third kappa shape index (κ3) is 1.42. The zero-order chi connectivity index (χ0) is 9.26. The normalized spacial score (nSPS) is 22.2. The molecule has 0 aromatic heterocycles. The fourth-order valence-corrected chi connectivity index (χ4v) is 1.98. The van der Waals surface area contributed by atoms with Gasteiger partial charge in [-0.05, 0) is 24.1 Å². The Kier molecular flexibility index (Phi) is 2.23. The Hall–Kier alpha value is -1.02. The van der Waals surface area contributed by atoms with Crippen LogP contribution in [0.15, 0.2) is 24.3 Å². The zero-order valence-corrected chi connectivity index (χ0v) is 7.96. The van der Waals surface area contributed by atoms with Crippen molar-refractivity contribution < 1.29 is 0 Å². The first-order valence-electron chi connectivity index (χ1n) is 4.86. The van der Waals surface area contributed by atoms with Crippen molar-refractivity contribution in [3.8, 4) is 0 Å². The largest absolute Gasteiger partial charge is 0.384 e. The Bertz CT molecular complexity index is 296. The van der Waals surface area contributed by atoms with Gasteiger partial charge in [-0.1, -0.05) is 25.1 Å². The summed E-state index contributed by atoms with van der Waals surface area (Å²) in [5.41, 5.74) is 8.40. The van der Waals surface area contributed by atoms with Crippen molar-refractivity contribution in [1.82, 2.24) is 0 Å². The Morgan fingerprint density at radius 1 is 1.54 bits per heavy atom. The smallest absolute Gasteiger partial charge is 0.0376 e. The molecule has 0 aliphatic carbocycles. The second-order valence-corrected chi connectivity index (χ2v) is 3.79. The summed E-state index contributed by atoms with van der Waals surface area (Å²) in [6.45, 7) is 4.02. The first-order chi connectivity index (χ1) is 6.33. The molecule has 2 rings (SSSR count). The monoisotopic (exact) mass is 176 g/mol. The minimum absolute atomic E-state index is 0.566. The molecule has 2 nitrogen and oxygen atoms in total. The average molecular weight is 176 g/mol. The van der Waals surface area contributed by atoms with Gasteiger partial charge in [0.2, 0.25) is 0 Å². The fraction of sp³-hybridized carbons (Fsp3) is 0.455. The van der Waals surface area contributed by atoms with E-state index in [9.17, 15) is 0 Å². The molecule has 1 aliphatic rings. The molecule has 0 saturated heterocycles. The number of fused-ring (bicyclic) bond motifs is 1. The van der Waals surface area contributed by atoms with Crippen LogP contribution in [0.1, 0.15) is 18.4 Å². The van der Waals surface area contributed by atoms with Crippen LogP contribution in [0, 0.1) is 5.92 Å². The van der Waals surface area contributed by atoms with Gasteiger partial charge in [-0.15, -0.1) is 0 Å². The van der Waals surface area contributed by atoms with E-state index < -0.39 is 0 Å². The SMILES string of the molecule is CC(CN)C1CNc2ccccc21. The van der Waals surface area contributed by atoms with Gasteiger partial charge in [0.1, 0.15) is 0 Å². The Balaban J connectivity index is 2.28. The highest BCUT2D eigenvalue weighted by Gasteiger charge is 2.25. The number of anilines is 1. The number of nitrogens with two attached hydrogens (primary N) is 1. The van der Waals surface area contributed by atoms with Crippen molar-refractivity contribution in [2.45, 2.75) is 12.8 Å². The molecule has 0 spiro atoms. The second kappa shape index (κ2) is 3.38. The number of para-hydroxylation sites is 1. The average Bonchev–Trinajstić information content (AvgIpc) is 2.60.